The zero-order chi connectivity index (χ0) is 15.1. The minimum Gasteiger partial charge on any atom is -0.480 e. The number of aliphatic carboxylic acids is 1. The maximum atomic E-state index is 11.8. The Bertz CT molecular complexity index is 433. The average molecular weight is 282 g/mol. The molecule has 7 heteroatoms. The highest BCUT2D eigenvalue weighted by Crippen LogP contribution is 2.07. The quantitative estimate of drug-likeness (QED) is 0.697. The fraction of sp³-hybridized carbons (Fsp3) is 0.615. The van der Waals surface area contributed by atoms with Gasteiger partial charge in [-0.05, 0) is 12.8 Å². The molecule has 3 N–H and O–H groups in total. The Labute approximate surface area is 118 Å². The number of carboxylic acids is 1. The lowest BCUT2D eigenvalue weighted by molar-refractivity contribution is -0.140. The van der Waals surface area contributed by atoms with Crippen molar-refractivity contribution in [3.63, 3.8) is 0 Å². The Kier molecular flexibility index (Phi) is 6.02. The number of rotatable bonds is 7. The molecule has 0 spiro atoms. The number of carbonyl (C=O) groups is 2. The zero-order valence-corrected chi connectivity index (χ0v) is 12.0. The molecule has 0 saturated carbocycles. The third kappa shape index (κ3) is 4.91. The second-order valence-corrected chi connectivity index (χ2v) is 4.98. The summed E-state index contributed by atoms with van der Waals surface area (Å²) in [6.07, 6.45) is 5.81. The summed E-state index contributed by atoms with van der Waals surface area (Å²) in [7, 11) is 0. The summed E-state index contributed by atoms with van der Waals surface area (Å²) < 4.78 is 1.84. The molecular formula is C13H22N4O3. The number of hydrogen-bond acceptors (Lipinski definition) is 3. The molecule has 0 aliphatic carbocycles. The molecule has 0 saturated heterocycles. The molecule has 3 atom stereocenters. The molecule has 0 fully saturated rings. The van der Waals surface area contributed by atoms with Crippen molar-refractivity contribution in [2.75, 3.05) is 0 Å². The highest BCUT2D eigenvalue weighted by molar-refractivity contribution is 5.82. The Morgan fingerprint density at radius 3 is 2.55 bits per heavy atom. The van der Waals surface area contributed by atoms with Crippen molar-refractivity contribution in [3.8, 4) is 0 Å². The van der Waals surface area contributed by atoms with Crippen LogP contribution < -0.4 is 10.6 Å². The molecule has 7 nitrogen and oxygen atoms in total. The van der Waals surface area contributed by atoms with Crippen LogP contribution in [0.25, 0.3) is 0 Å². The van der Waals surface area contributed by atoms with Crippen molar-refractivity contribution in [1.82, 2.24) is 20.2 Å². The van der Waals surface area contributed by atoms with E-state index in [-0.39, 0.29) is 12.0 Å². The molecule has 0 aliphatic heterocycles. The minimum atomic E-state index is -1.02. The first-order valence-corrected chi connectivity index (χ1v) is 6.69. The summed E-state index contributed by atoms with van der Waals surface area (Å²) >= 11 is 0. The molecule has 1 heterocycles. The van der Waals surface area contributed by atoms with E-state index in [4.69, 9.17) is 5.11 Å². The number of imidazole rings is 1. The number of urea groups is 1. The Hall–Kier alpha value is -2.05. The van der Waals surface area contributed by atoms with Crippen molar-refractivity contribution < 1.29 is 14.7 Å². The van der Waals surface area contributed by atoms with Gasteiger partial charge in [0.25, 0.3) is 0 Å². The topological polar surface area (TPSA) is 96.3 Å². The van der Waals surface area contributed by atoms with Crippen LogP contribution in [-0.4, -0.2) is 38.7 Å². The van der Waals surface area contributed by atoms with Gasteiger partial charge in [0.1, 0.15) is 6.04 Å². The van der Waals surface area contributed by atoms with E-state index in [0.29, 0.717) is 13.0 Å². The van der Waals surface area contributed by atoms with Crippen LogP contribution in [0.1, 0.15) is 27.2 Å². The second-order valence-electron chi connectivity index (χ2n) is 4.98. The van der Waals surface area contributed by atoms with Crippen molar-refractivity contribution in [3.05, 3.63) is 18.7 Å². The summed E-state index contributed by atoms with van der Waals surface area (Å²) in [5.74, 6) is -1.14. The smallest absolute Gasteiger partial charge is 0.326 e. The number of carbonyl (C=O) groups excluding carboxylic acids is 1. The first kappa shape index (κ1) is 16.0. The number of nitrogens with one attached hydrogen (secondary N) is 2. The van der Waals surface area contributed by atoms with Crippen LogP contribution in [0.15, 0.2) is 18.7 Å². The maximum absolute atomic E-state index is 11.8. The molecule has 1 unspecified atom stereocenters. The standard InChI is InChI=1S/C13H22N4O3/c1-4-9(2)11(12(18)19)16-13(20)15-10(3)7-17-6-5-14-8-17/h5-6,8-11H,4,7H2,1-3H3,(H,18,19)(H2,15,16,20)/t9-,10?,11-/m0/s1. The zero-order valence-electron chi connectivity index (χ0n) is 12.0. The number of hydrogen-bond donors (Lipinski definition) is 3. The Morgan fingerprint density at radius 1 is 1.35 bits per heavy atom. The third-order valence-electron chi connectivity index (χ3n) is 3.19. The molecule has 0 bridgehead atoms. The summed E-state index contributed by atoms with van der Waals surface area (Å²) in [6, 6.07) is -1.47. The van der Waals surface area contributed by atoms with E-state index in [9.17, 15) is 9.59 Å². The lowest BCUT2D eigenvalue weighted by Crippen LogP contribution is -2.51. The minimum absolute atomic E-state index is 0.123. The molecule has 20 heavy (non-hydrogen) atoms. The number of aromatic nitrogens is 2. The lowest BCUT2D eigenvalue weighted by Gasteiger charge is -2.22. The maximum Gasteiger partial charge on any atom is 0.326 e. The third-order valence-corrected chi connectivity index (χ3v) is 3.19. The predicted octanol–water partition coefficient (Wildman–Crippen LogP) is 1.07. The average Bonchev–Trinajstić information content (AvgIpc) is 2.87. The SMILES string of the molecule is CC[C@H](C)[C@H](NC(=O)NC(C)Cn1ccnc1)C(=O)O. The normalized spacial score (nSPS) is 15.2. The van der Waals surface area contributed by atoms with Crippen LogP contribution in [0, 0.1) is 5.92 Å². The highest BCUT2D eigenvalue weighted by atomic mass is 16.4. The summed E-state index contributed by atoms with van der Waals surface area (Å²) in [6.45, 7) is 6.11. The van der Waals surface area contributed by atoms with E-state index < -0.39 is 18.0 Å². The molecule has 0 aliphatic rings. The molecule has 1 aromatic heterocycles. The van der Waals surface area contributed by atoms with Gasteiger partial charge in [-0.2, -0.15) is 0 Å². The van der Waals surface area contributed by atoms with Gasteiger partial charge in [0.15, 0.2) is 0 Å². The molecular weight excluding hydrogens is 260 g/mol. The van der Waals surface area contributed by atoms with Crippen LogP contribution in [0.5, 0.6) is 0 Å². The second kappa shape index (κ2) is 7.52. The fourth-order valence-corrected chi connectivity index (χ4v) is 1.85. The van der Waals surface area contributed by atoms with Gasteiger partial charge < -0.3 is 20.3 Å². The van der Waals surface area contributed by atoms with Gasteiger partial charge in [0.05, 0.1) is 6.33 Å². The van der Waals surface area contributed by atoms with Gasteiger partial charge in [-0.25, -0.2) is 14.6 Å². The van der Waals surface area contributed by atoms with Gasteiger partial charge in [0, 0.05) is 25.0 Å². The molecule has 1 aromatic rings. The molecule has 112 valence electrons. The first-order valence-electron chi connectivity index (χ1n) is 6.69. The largest absolute Gasteiger partial charge is 0.480 e. The molecule has 2 amide bonds. The monoisotopic (exact) mass is 282 g/mol. The molecule has 0 aromatic carbocycles. The van der Waals surface area contributed by atoms with E-state index >= 15 is 0 Å². The highest BCUT2D eigenvalue weighted by Gasteiger charge is 2.25. The van der Waals surface area contributed by atoms with Crippen LogP contribution >= 0.6 is 0 Å². The van der Waals surface area contributed by atoms with Crippen LogP contribution in [0.2, 0.25) is 0 Å². The van der Waals surface area contributed by atoms with Crippen molar-refractivity contribution in [2.24, 2.45) is 5.92 Å². The van der Waals surface area contributed by atoms with Gasteiger partial charge in [-0.3, -0.25) is 0 Å². The number of amides is 2. The lowest BCUT2D eigenvalue weighted by atomic mass is 9.99. The Balaban J connectivity index is 2.46. The van der Waals surface area contributed by atoms with Crippen molar-refractivity contribution in [1.29, 1.82) is 0 Å². The summed E-state index contributed by atoms with van der Waals surface area (Å²) in [4.78, 5) is 26.8. The van der Waals surface area contributed by atoms with E-state index in [1.54, 1.807) is 25.6 Å². The van der Waals surface area contributed by atoms with E-state index in [2.05, 4.69) is 15.6 Å². The van der Waals surface area contributed by atoms with Crippen LogP contribution in [0.3, 0.4) is 0 Å². The van der Waals surface area contributed by atoms with E-state index in [0.717, 1.165) is 0 Å². The predicted molar refractivity (Wildman–Crippen MR) is 74.2 cm³/mol. The Morgan fingerprint density at radius 2 is 2.05 bits per heavy atom. The van der Waals surface area contributed by atoms with Gasteiger partial charge in [-0.1, -0.05) is 20.3 Å². The number of carboxylic acid groups (broad SMARTS) is 1. The van der Waals surface area contributed by atoms with E-state index in [1.807, 2.05) is 18.4 Å². The van der Waals surface area contributed by atoms with Crippen molar-refractivity contribution >= 4 is 12.0 Å². The van der Waals surface area contributed by atoms with Gasteiger partial charge >= 0.3 is 12.0 Å². The number of nitrogens with zero attached hydrogens (tertiary/aromatic N) is 2. The van der Waals surface area contributed by atoms with Gasteiger partial charge in [0.2, 0.25) is 0 Å². The summed E-state index contributed by atoms with van der Waals surface area (Å²) in [5.41, 5.74) is 0. The molecule has 1 rings (SSSR count). The summed E-state index contributed by atoms with van der Waals surface area (Å²) in [5, 5.41) is 14.3. The van der Waals surface area contributed by atoms with Gasteiger partial charge in [-0.15, -0.1) is 0 Å². The fourth-order valence-electron chi connectivity index (χ4n) is 1.85. The van der Waals surface area contributed by atoms with Crippen LogP contribution in [0.4, 0.5) is 4.79 Å². The van der Waals surface area contributed by atoms with Crippen molar-refractivity contribution in [2.45, 2.75) is 45.8 Å². The van der Waals surface area contributed by atoms with Crippen LogP contribution in [-0.2, 0) is 11.3 Å². The molecule has 0 radical (unpaired) electrons. The van der Waals surface area contributed by atoms with E-state index in [1.165, 1.54) is 0 Å². The first-order chi connectivity index (χ1) is 9.43.